The Morgan fingerprint density at radius 1 is 1.21 bits per heavy atom. The molecule has 0 radical (unpaired) electrons. The fourth-order valence-corrected chi connectivity index (χ4v) is 3.40. The van der Waals surface area contributed by atoms with Gasteiger partial charge in [-0.3, -0.25) is 9.69 Å². The van der Waals surface area contributed by atoms with E-state index in [2.05, 4.69) is 4.99 Å². The first-order chi connectivity index (χ1) is 11.6. The first kappa shape index (κ1) is 16.6. The van der Waals surface area contributed by atoms with E-state index >= 15 is 0 Å². The highest BCUT2D eigenvalue weighted by Gasteiger charge is 2.30. The van der Waals surface area contributed by atoms with E-state index in [1.165, 1.54) is 16.7 Å². The molecular weight excluding hydrogens is 344 g/mol. The van der Waals surface area contributed by atoms with Crippen LogP contribution >= 0.6 is 23.4 Å². The number of carbonyl (C=O) groups is 1. The number of para-hydroxylation sites is 1. The summed E-state index contributed by atoms with van der Waals surface area (Å²) in [6.45, 7) is 0. The molecule has 0 spiro atoms. The lowest BCUT2D eigenvalue weighted by Crippen LogP contribution is -2.23. The van der Waals surface area contributed by atoms with E-state index in [4.69, 9.17) is 16.3 Å². The van der Waals surface area contributed by atoms with Gasteiger partial charge in [0.2, 0.25) is 0 Å². The van der Waals surface area contributed by atoms with Crippen molar-refractivity contribution in [1.29, 1.82) is 0 Å². The average molecular weight is 359 g/mol. The van der Waals surface area contributed by atoms with Crippen LogP contribution in [0, 0.1) is 0 Å². The maximum absolute atomic E-state index is 12.5. The molecule has 0 N–H and O–H groups in total. The molecule has 2 aromatic carbocycles. The molecule has 1 amide bonds. The number of rotatable bonds is 3. The Morgan fingerprint density at radius 2 is 2.00 bits per heavy atom. The van der Waals surface area contributed by atoms with Crippen molar-refractivity contribution in [2.75, 3.05) is 14.2 Å². The molecule has 1 saturated heterocycles. The zero-order valence-electron chi connectivity index (χ0n) is 13.2. The van der Waals surface area contributed by atoms with Crippen LogP contribution in [0.1, 0.15) is 5.56 Å². The van der Waals surface area contributed by atoms with Crippen LogP contribution in [0.5, 0.6) is 5.75 Å². The highest BCUT2D eigenvalue weighted by atomic mass is 35.5. The molecule has 0 saturated carbocycles. The highest BCUT2D eigenvalue weighted by molar-refractivity contribution is 8.18. The van der Waals surface area contributed by atoms with Crippen LogP contribution in [0.15, 0.2) is 58.4 Å². The summed E-state index contributed by atoms with van der Waals surface area (Å²) in [5.41, 5.74) is 1.57. The smallest absolute Gasteiger partial charge is 0.266 e. The molecule has 6 heteroatoms. The number of methoxy groups -OCH3 is 1. The lowest BCUT2D eigenvalue weighted by Gasteiger charge is -2.07. The number of carbonyl (C=O) groups excluding carboxylic acids is 1. The zero-order chi connectivity index (χ0) is 17.1. The van der Waals surface area contributed by atoms with Gasteiger partial charge in [0.15, 0.2) is 5.17 Å². The molecule has 1 fully saturated rings. The number of thioether (sulfide) groups is 1. The topological polar surface area (TPSA) is 41.9 Å². The molecular formula is C18H15ClN2O2S. The van der Waals surface area contributed by atoms with Crippen molar-refractivity contribution in [3.8, 4) is 5.75 Å². The molecule has 3 rings (SSSR count). The number of amidine groups is 1. The first-order valence-electron chi connectivity index (χ1n) is 7.23. The Balaban J connectivity index is 1.93. The molecule has 0 atom stereocenters. The van der Waals surface area contributed by atoms with E-state index in [9.17, 15) is 4.79 Å². The van der Waals surface area contributed by atoms with Crippen molar-refractivity contribution in [3.05, 3.63) is 64.0 Å². The number of likely N-dealkylation sites (N-methyl/N-ethyl adjacent to an activating group) is 1. The molecule has 122 valence electrons. The fourth-order valence-electron chi connectivity index (χ4n) is 2.23. The van der Waals surface area contributed by atoms with Crippen LogP contribution in [-0.4, -0.2) is 30.1 Å². The molecule has 0 unspecified atom stereocenters. The molecule has 4 nitrogen and oxygen atoms in total. The lowest BCUT2D eigenvalue weighted by atomic mass is 10.2. The van der Waals surface area contributed by atoms with E-state index in [0.29, 0.717) is 20.8 Å². The number of halogens is 1. The minimum absolute atomic E-state index is 0.0910. The third-order valence-electron chi connectivity index (χ3n) is 3.46. The summed E-state index contributed by atoms with van der Waals surface area (Å²) in [6, 6.07) is 14.8. The predicted octanol–water partition coefficient (Wildman–Crippen LogP) is 4.58. The Morgan fingerprint density at radius 3 is 2.75 bits per heavy atom. The number of hydrogen-bond acceptors (Lipinski definition) is 4. The van der Waals surface area contributed by atoms with Gasteiger partial charge in [-0.15, -0.1) is 0 Å². The van der Waals surface area contributed by atoms with Gasteiger partial charge >= 0.3 is 0 Å². The standard InChI is InChI=1S/C18H15ClN2O2S/c1-21-17(22)16(10-12-6-3-4-9-15(12)23-2)24-18(21)20-14-8-5-7-13(19)11-14/h3-11H,1-2H3/b16-10+,20-18?. The van der Waals surface area contributed by atoms with Crippen LogP contribution in [0.2, 0.25) is 5.02 Å². The van der Waals surface area contributed by atoms with Gasteiger partial charge < -0.3 is 4.74 Å². The van der Waals surface area contributed by atoms with Gasteiger partial charge in [-0.25, -0.2) is 4.99 Å². The van der Waals surface area contributed by atoms with Crippen LogP contribution < -0.4 is 4.74 Å². The summed E-state index contributed by atoms with van der Waals surface area (Å²) in [5.74, 6) is 0.632. The van der Waals surface area contributed by atoms with Crippen molar-refractivity contribution in [2.24, 2.45) is 4.99 Å². The third kappa shape index (κ3) is 3.47. The van der Waals surface area contributed by atoms with Crippen LogP contribution in [0.3, 0.4) is 0 Å². The Hall–Kier alpha value is -2.24. The van der Waals surface area contributed by atoms with Crippen LogP contribution in [-0.2, 0) is 4.79 Å². The number of benzene rings is 2. The van der Waals surface area contributed by atoms with Gasteiger partial charge in [0.05, 0.1) is 17.7 Å². The highest BCUT2D eigenvalue weighted by Crippen LogP contribution is 2.34. The quantitative estimate of drug-likeness (QED) is 0.754. The minimum atomic E-state index is -0.0910. The van der Waals surface area contributed by atoms with E-state index < -0.39 is 0 Å². The second kappa shape index (κ2) is 7.11. The predicted molar refractivity (Wildman–Crippen MR) is 99.9 cm³/mol. The second-order valence-corrected chi connectivity index (χ2v) is 6.54. The monoisotopic (exact) mass is 358 g/mol. The van der Waals surface area contributed by atoms with Crippen molar-refractivity contribution >= 4 is 46.2 Å². The molecule has 0 aromatic heterocycles. The van der Waals surface area contributed by atoms with Gasteiger partial charge in [-0.05, 0) is 42.1 Å². The van der Waals surface area contributed by atoms with Crippen molar-refractivity contribution < 1.29 is 9.53 Å². The van der Waals surface area contributed by atoms with Gasteiger partial charge in [0.1, 0.15) is 5.75 Å². The van der Waals surface area contributed by atoms with Gasteiger partial charge in [0.25, 0.3) is 5.91 Å². The summed E-state index contributed by atoms with van der Waals surface area (Å²) >= 11 is 7.31. The molecule has 1 aliphatic heterocycles. The molecule has 0 aliphatic carbocycles. The van der Waals surface area contributed by atoms with E-state index in [-0.39, 0.29) is 5.91 Å². The minimum Gasteiger partial charge on any atom is -0.496 e. The maximum atomic E-state index is 12.5. The first-order valence-corrected chi connectivity index (χ1v) is 8.43. The maximum Gasteiger partial charge on any atom is 0.266 e. The molecule has 24 heavy (non-hydrogen) atoms. The van der Waals surface area contributed by atoms with Gasteiger partial charge in [0, 0.05) is 17.6 Å². The Kier molecular flexibility index (Phi) is 4.92. The number of ether oxygens (including phenoxy) is 1. The van der Waals surface area contributed by atoms with Crippen molar-refractivity contribution in [2.45, 2.75) is 0 Å². The lowest BCUT2D eigenvalue weighted by molar-refractivity contribution is -0.121. The van der Waals surface area contributed by atoms with E-state index in [0.717, 1.165) is 11.3 Å². The Bertz CT molecular complexity index is 848. The number of nitrogens with zero attached hydrogens (tertiary/aromatic N) is 2. The number of hydrogen-bond donors (Lipinski definition) is 0. The normalized spacial score (nSPS) is 17.8. The summed E-state index contributed by atoms with van der Waals surface area (Å²) < 4.78 is 5.33. The number of amides is 1. The summed E-state index contributed by atoms with van der Waals surface area (Å²) in [5, 5.41) is 1.22. The SMILES string of the molecule is COc1ccccc1/C=C1/SC(=Nc2cccc(Cl)c2)N(C)C1=O. The molecule has 1 heterocycles. The number of aliphatic imine (C=N–C) groups is 1. The van der Waals surface area contributed by atoms with Crippen molar-refractivity contribution in [3.63, 3.8) is 0 Å². The van der Waals surface area contributed by atoms with Crippen molar-refractivity contribution in [1.82, 2.24) is 4.90 Å². The molecule has 1 aliphatic rings. The largest absolute Gasteiger partial charge is 0.496 e. The van der Waals surface area contributed by atoms with E-state index in [1.807, 2.05) is 42.5 Å². The van der Waals surface area contributed by atoms with Crippen LogP contribution in [0.4, 0.5) is 5.69 Å². The molecule has 2 aromatic rings. The summed E-state index contributed by atoms with van der Waals surface area (Å²) in [4.78, 5) is 19.1. The second-order valence-electron chi connectivity index (χ2n) is 5.09. The van der Waals surface area contributed by atoms with Crippen LogP contribution in [0.25, 0.3) is 6.08 Å². The Labute approximate surface area is 149 Å². The molecule has 0 bridgehead atoms. The van der Waals surface area contributed by atoms with E-state index in [1.54, 1.807) is 26.3 Å². The average Bonchev–Trinajstić information content (AvgIpc) is 2.83. The zero-order valence-corrected chi connectivity index (χ0v) is 14.8. The fraction of sp³-hybridized carbons (Fsp3) is 0.111. The van der Waals surface area contributed by atoms with Gasteiger partial charge in [-0.1, -0.05) is 35.9 Å². The third-order valence-corrected chi connectivity index (χ3v) is 4.76. The summed E-state index contributed by atoms with van der Waals surface area (Å²) in [7, 11) is 3.32. The van der Waals surface area contributed by atoms with Gasteiger partial charge in [-0.2, -0.15) is 0 Å². The summed E-state index contributed by atoms with van der Waals surface area (Å²) in [6.07, 6.45) is 1.82.